The Kier molecular flexibility index (Phi) is 4.04. The van der Waals surface area contributed by atoms with Crippen LogP contribution in [-0.4, -0.2) is 19.9 Å². The van der Waals surface area contributed by atoms with Gasteiger partial charge in [-0.1, -0.05) is 36.4 Å². The SMILES string of the molecule is N=c1c(C(N)=O)cc2c(=O)n3ccccc3nc2n1CCc1ccccc1. The van der Waals surface area contributed by atoms with E-state index in [0.717, 1.165) is 5.56 Å². The van der Waals surface area contributed by atoms with Gasteiger partial charge in [-0.2, -0.15) is 0 Å². The van der Waals surface area contributed by atoms with E-state index < -0.39 is 5.91 Å². The molecule has 4 aromatic rings. The number of nitrogens with zero attached hydrogens (tertiary/aromatic N) is 3. The van der Waals surface area contributed by atoms with Gasteiger partial charge in [0.1, 0.15) is 16.8 Å². The van der Waals surface area contributed by atoms with Crippen LogP contribution in [-0.2, 0) is 13.0 Å². The van der Waals surface area contributed by atoms with Crippen molar-refractivity contribution in [3.8, 4) is 0 Å². The molecular weight excluding hydrogens is 342 g/mol. The lowest BCUT2D eigenvalue weighted by molar-refractivity contribution is 0.0998. The second-order valence-electron chi connectivity index (χ2n) is 6.24. The summed E-state index contributed by atoms with van der Waals surface area (Å²) in [5.74, 6) is -0.743. The van der Waals surface area contributed by atoms with Crippen molar-refractivity contribution in [3.63, 3.8) is 0 Å². The van der Waals surface area contributed by atoms with Gasteiger partial charge >= 0.3 is 0 Å². The van der Waals surface area contributed by atoms with E-state index in [1.165, 1.54) is 10.5 Å². The molecule has 3 N–H and O–H groups in total. The molecule has 0 bridgehead atoms. The molecule has 0 aliphatic carbocycles. The van der Waals surface area contributed by atoms with Gasteiger partial charge in [-0.25, -0.2) is 4.98 Å². The minimum Gasteiger partial charge on any atom is -0.365 e. The number of pyridine rings is 2. The highest BCUT2D eigenvalue weighted by molar-refractivity contribution is 5.95. The molecule has 0 spiro atoms. The number of fused-ring (bicyclic) bond motifs is 2. The van der Waals surface area contributed by atoms with E-state index in [9.17, 15) is 9.59 Å². The molecule has 1 aromatic carbocycles. The second kappa shape index (κ2) is 6.53. The van der Waals surface area contributed by atoms with Crippen molar-refractivity contribution in [2.45, 2.75) is 13.0 Å². The number of primary amides is 1. The van der Waals surface area contributed by atoms with Gasteiger partial charge in [0.15, 0.2) is 0 Å². The summed E-state index contributed by atoms with van der Waals surface area (Å²) in [4.78, 5) is 29.3. The first-order valence-electron chi connectivity index (χ1n) is 8.49. The zero-order valence-corrected chi connectivity index (χ0v) is 14.4. The first kappa shape index (κ1) is 16.7. The van der Waals surface area contributed by atoms with Gasteiger partial charge in [-0.15, -0.1) is 0 Å². The van der Waals surface area contributed by atoms with Crippen molar-refractivity contribution >= 4 is 22.6 Å². The molecule has 1 amide bonds. The number of nitrogens with one attached hydrogen (secondary N) is 1. The molecule has 4 rings (SSSR count). The normalized spacial score (nSPS) is 11.1. The Morgan fingerprint density at radius 2 is 1.85 bits per heavy atom. The van der Waals surface area contributed by atoms with Gasteiger partial charge in [0.2, 0.25) is 0 Å². The van der Waals surface area contributed by atoms with Crippen LogP contribution in [0.2, 0.25) is 0 Å². The fourth-order valence-electron chi connectivity index (χ4n) is 3.18. The van der Waals surface area contributed by atoms with Crippen LogP contribution in [0.3, 0.4) is 0 Å². The lowest BCUT2D eigenvalue weighted by atomic mass is 10.1. The van der Waals surface area contributed by atoms with E-state index in [2.05, 4.69) is 4.98 Å². The summed E-state index contributed by atoms with van der Waals surface area (Å²) in [6.07, 6.45) is 2.25. The van der Waals surface area contributed by atoms with E-state index in [1.807, 2.05) is 30.3 Å². The topological polar surface area (TPSA) is 106 Å². The highest BCUT2D eigenvalue weighted by Gasteiger charge is 2.15. The summed E-state index contributed by atoms with van der Waals surface area (Å²) in [7, 11) is 0. The second-order valence-corrected chi connectivity index (χ2v) is 6.24. The zero-order chi connectivity index (χ0) is 19.0. The lowest BCUT2D eigenvalue weighted by Crippen LogP contribution is -2.32. The van der Waals surface area contributed by atoms with Crippen molar-refractivity contribution in [1.29, 1.82) is 5.41 Å². The van der Waals surface area contributed by atoms with E-state index >= 15 is 0 Å². The number of rotatable bonds is 4. The number of aromatic nitrogens is 3. The molecule has 0 aliphatic heterocycles. The van der Waals surface area contributed by atoms with Crippen LogP contribution in [0.4, 0.5) is 0 Å². The van der Waals surface area contributed by atoms with Gasteiger partial charge in [0.05, 0.1) is 10.9 Å². The van der Waals surface area contributed by atoms with Crippen LogP contribution in [0.25, 0.3) is 16.7 Å². The Morgan fingerprint density at radius 1 is 1.11 bits per heavy atom. The third-order valence-electron chi connectivity index (χ3n) is 4.55. The Balaban J connectivity index is 1.99. The van der Waals surface area contributed by atoms with Crippen LogP contribution in [0.1, 0.15) is 15.9 Å². The van der Waals surface area contributed by atoms with Crippen LogP contribution in [0.15, 0.2) is 65.6 Å². The quantitative estimate of drug-likeness (QED) is 0.539. The number of carbonyl (C=O) groups is 1. The highest BCUT2D eigenvalue weighted by Crippen LogP contribution is 2.11. The average Bonchev–Trinajstić information content (AvgIpc) is 2.68. The summed E-state index contributed by atoms with van der Waals surface area (Å²) in [6.45, 7) is 0.399. The predicted molar refractivity (Wildman–Crippen MR) is 101 cm³/mol. The molecule has 0 aliphatic rings. The standard InChI is InChI=1S/C20H17N5O2/c21-17-14(18(22)26)12-15-19(23-16-8-4-5-10-24(16)20(15)27)25(17)11-9-13-6-2-1-3-7-13/h1-8,10,12,21H,9,11H2,(H2,22,26). The lowest BCUT2D eigenvalue weighted by Gasteiger charge is -2.13. The Labute approximate surface area is 153 Å². The van der Waals surface area contributed by atoms with Gasteiger partial charge in [-0.3, -0.25) is 19.4 Å². The van der Waals surface area contributed by atoms with Gasteiger partial charge in [0, 0.05) is 12.7 Å². The maximum Gasteiger partial charge on any atom is 0.267 e. The number of carbonyl (C=O) groups excluding carboxylic acids is 1. The van der Waals surface area contributed by atoms with E-state index in [-0.39, 0.29) is 22.0 Å². The summed E-state index contributed by atoms with van der Waals surface area (Å²) in [5, 5.41) is 8.68. The van der Waals surface area contributed by atoms with E-state index in [4.69, 9.17) is 11.1 Å². The zero-order valence-electron chi connectivity index (χ0n) is 14.4. The number of nitrogens with two attached hydrogens (primary N) is 1. The number of hydrogen-bond donors (Lipinski definition) is 2. The molecule has 0 unspecified atom stereocenters. The van der Waals surface area contributed by atoms with Gasteiger partial charge < -0.3 is 10.3 Å². The Bertz CT molecular complexity index is 1290. The molecule has 7 heteroatoms. The molecule has 0 atom stereocenters. The molecular formula is C20H17N5O2. The largest absolute Gasteiger partial charge is 0.365 e. The van der Waals surface area contributed by atoms with Gasteiger partial charge in [0.25, 0.3) is 11.5 Å². The van der Waals surface area contributed by atoms with E-state index in [1.54, 1.807) is 29.0 Å². The molecule has 7 nitrogen and oxygen atoms in total. The monoisotopic (exact) mass is 359 g/mol. The molecule has 3 heterocycles. The van der Waals surface area contributed by atoms with Crippen LogP contribution >= 0.6 is 0 Å². The molecule has 3 aromatic heterocycles. The van der Waals surface area contributed by atoms with Crippen LogP contribution in [0.5, 0.6) is 0 Å². The van der Waals surface area contributed by atoms with Crippen molar-refractivity contribution in [1.82, 2.24) is 14.0 Å². The van der Waals surface area contributed by atoms with Crippen molar-refractivity contribution in [2.75, 3.05) is 0 Å². The number of hydrogen-bond acceptors (Lipinski definition) is 4. The fraction of sp³-hybridized carbons (Fsp3) is 0.100. The average molecular weight is 359 g/mol. The highest BCUT2D eigenvalue weighted by atomic mass is 16.1. The fourth-order valence-corrected chi connectivity index (χ4v) is 3.18. The van der Waals surface area contributed by atoms with Crippen molar-refractivity contribution in [3.05, 3.63) is 87.8 Å². The van der Waals surface area contributed by atoms with Crippen LogP contribution in [0, 0.1) is 5.41 Å². The minimum absolute atomic E-state index is 0.00495. The molecule has 134 valence electrons. The summed E-state index contributed by atoms with van der Waals surface area (Å²) >= 11 is 0. The summed E-state index contributed by atoms with van der Waals surface area (Å²) in [5.41, 5.74) is 7.04. The molecule has 0 saturated heterocycles. The molecule has 0 radical (unpaired) electrons. The number of benzene rings is 1. The Hall–Kier alpha value is -3.74. The maximum absolute atomic E-state index is 12.9. The van der Waals surface area contributed by atoms with E-state index in [0.29, 0.717) is 24.3 Å². The third-order valence-corrected chi connectivity index (χ3v) is 4.55. The Morgan fingerprint density at radius 3 is 2.59 bits per heavy atom. The maximum atomic E-state index is 12.9. The number of aryl methyl sites for hydroxylation is 2. The molecule has 0 fully saturated rings. The smallest absolute Gasteiger partial charge is 0.267 e. The van der Waals surface area contributed by atoms with Crippen molar-refractivity contribution in [2.24, 2.45) is 5.73 Å². The van der Waals surface area contributed by atoms with Crippen LogP contribution < -0.4 is 16.8 Å². The first-order valence-corrected chi connectivity index (χ1v) is 8.49. The first-order chi connectivity index (χ1) is 13.1. The third kappa shape index (κ3) is 2.89. The summed E-state index contributed by atoms with van der Waals surface area (Å²) < 4.78 is 3.00. The van der Waals surface area contributed by atoms with Crippen molar-refractivity contribution < 1.29 is 4.79 Å². The molecule has 0 saturated carbocycles. The minimum atomic E-state index is -0.743. The number of amides is 1. The van der Waals surface area contributed by atoms with Gasteiger partial charge in [-0.05, 0) is 30.2 Å². The molecule has 27 heavy (non-hydrogen) atoms. The summed E-state index contributed by atoms with van der Waals surface area (Å²) in [6, 6.07) is 16.4. The predicted octanol–water partition coefficient (Wildman–Crippen LogP) is 1.47.